The third kappa shape index (κ3) is 4.45. The zero-order chi connectivity index (χ0) is 15.2. The maximum absolute atomic E-state index is 6.29. The minimum absolute atomic E-state index is 0.229. The molecule has 0 radical (unpaired) electrons. The van der Waals surface area contributed by atoms with Crippen molar-refractivity contribution in [3.05, 3.63) is 63.1 Å². The molecule has 0 amide bonds. The lowest BCUT2D eigenvalue weighted by atomic mass is 10.00. The van der Waals surface area contributed by atoms with E-state index >= 15 is 0 Å². The van der Waals surface area contributed by atoms with Crippen LogP contribution in [0.25, 0.3) is 0 Å². The quantitative estimate of drug-likeness (QED) is 0.776. The summed E-state index contributed by atoms with van der Waals surface area (Å²) in [5.41, 5.74) is 8.25. The SMILES string of the molecule is COCCOc1ccc(C(N)c2cccc(Cl)c2)cc1Br. The number of hydrogen-bond donors (Lipinski definition) is 1. The van der Waals surface area contributed by atoms with Crippen molar-refractivity contribution < 1.29 is 9.47 Å². The Hall–Kier alpha value is -1.07. The molecule has 21 heavy (non-hydrogen) atoms. The predicted octanol–water partition coefficient (Wildman–Crippen LogP) is 4.18. The second-order valence-corrected chi connectivity index (χ2v) is 5.85. The van der Waals surface area contributed by atoms with Crippen molar-refractivity contribution in [3.8, 4) is 5.75 Å². The highest BCUT2D eigenvalue weighted by Gasteiger charge is 2.11. The molecule has 0 aromatic heterocycles. The zero-order valence-electron chi connectivity index (χ0n) is 11.7. The minimum Gasteiger partial charge on any atom is -0.490 e. The number of benzene rings is 2. The highest BCUT2D eigenvalue weighted by atomic mass is 79.9. The minimum atomic E-state index is -0.229. The Balaban J connectivity index is 2.15. The first-order chi connectivity index (χ1) is 10.1. The van der Waals surface area contributed by atoms with Crippen molar-refractivity contribution in [2.75, 3.05) is 20.3 Å². The smallest absolute Gasteiger partial charge is 0.133 e. The van der Waals surface area contributed by atoms with Gasteiger partial charge in [0.2, 0.25) is 0 Å². The average molecular weight is 371 g/mol. The van der Waals surface area contributed by atoms with Crippen LogP contribution in [0.4, 0.5) is 0 Å². The molecule has 3 nitrogen and oxygen atoms in total. The van der Waals surface area contributed by atoms with Gasteiger partial charge in [0.05, 0.1) is 17.1 Å². The van der Waals surface area contributed by atoms with Crippen molar-refractivity contribution in [1.29, 1.82) is 0 Å². The summed E-state index contributed by atoms with van der Waals surface area (Å²) in [7, 11) is 1.64. The average Bonchev–Trinajstić information content (AvgIpc) is 2.48. The molecule has 0 fully saturated rings. The summed E-state index contributed by atoms with van der Waals surface area (Å²) in [5, 5.41) is 0.682. The molecule has 0 aliphatic heterocycles. The lowest BCUT2D eigenvalue weighted by molar-refractivity contribution is 0.146. The van der Waals surface area contributed by atoms with Gasteiger partial charge in [-0.05, 0) is 51.3 Å². The molecule has 0 heterocycles. The van der Waals surface area contributed by atoms with Crippen molar-refractivity contribution in [1.82, 2.24) is 0 Å². The molecule has 1 unspecified atom stereocenters. The summed E-state index contributed by atoms with van der Waals surface area (Å²) >= 11 is 9.51. The molecule has 112 valence electrons. The van der Waals surface area contributed by atoms with Crippen molar-refractivity contribution in [2.24, 2.45) is 5.73 Å². The normalized spacial score (nSPS) is 12.2. The standard InChI is InChI=1S/C16H17BrClNO2/c1-20-7-8-21-15-6-5-12(10-14(15)17)16(19)11-3-2-4-13(18)9-11/h2-6,9-10,16H,7-8,19H2,1H3. The van der Waals surface area contributed by atoms with Gasteiger partial charge in [-0.15, -0.1) is 0 Å². The molecule has 0 bridgehead atoms. The Kier molecular flexibility index (Phi) is 6.06. The van der Waals surface area contributed by atoms with Crippen LogP contribution < -0.4 is 10.5 Å². The third-order valence-electron chi connectivity index (χ3n) is 3.07. The van der Waals surface area contributed by atoms with E-state index in [1.807, 2.05) is 42.5 Å². The first-order valence-corrected chi connectivity index (χ1v) is 7.71. The van der Waals surface area contributed by atoms with Gasteiger partial charge in [0, 0.05) is 12.1 Å². The number of rotatable bonds is 6. The summed E-state index contributed by atoms with van der Waals surface area (Å²) in [6.45, 7) is 1.06. The van der Waals surface area contributed by atoms with Crippen LogP contribution in [-0.4, -0.2) is 20.3 Å². The number of ether oxygens (including phenoxy) is 2. The maximum atomic E-state index is 6.29. The Morgan fingerprint density at radius 1 is 1.14 bits per heavy atom. The Labute approximate surface area is 138 Å². The van der Waals surface area contributed by atoms with E-state index in [0.717, 1.165) is 21.3 Å². The van der Waals surface area contributed by atoms with Crippen LogP contribution in [0, 0.1) is 0 Å². The fraction of sp³-hybridized carbons (Fsp3) is 0.250. The first-order valence-electron chi connectivity index (χ1n) is 6.54. The van der Waals surface area contributed by atoms with Crippen molar-refractivity contribution in [3.63, 3.8) is 0 Å². The Morgan fingerprint density at radius 2 is 1.90 bits per heavy atom. The van der Waals surface area contributed by atoms with E-state index in [-0.39, 0.29) is 6.04 Å². The van der Waals surface area contributed by atoms with Gasteiger partial charge in [-0.1, -0.05) is 29.8 Å². The molecule has 2 N–H and O–H groups in total. The van der Waals surface area contributed by atoms with Crippen LogP contribution >= 0.6 is 27.5 Å². The lowest BCUT2D eigenvalue weighted by Crippen LogP contribution is -2.12. The van der Waals surface area contributed by atoms with Crippen LogP contribution in [0.5, 0.6) is 5.75 Å². The Bertz CT molecular complexity index is 607. The van der Waals surface area contributed by atoms with E-state index in [4.69, 9.17) is 26.8 Å². The molecule has 0 aliphatic rings. The van der Waals surface area contributed by atoms with Gasteiger partial charge in [0.15, 0.2) is 0 Å². The Morgan fingerprint density at radius 3 is 2.57 bits per heavy atom. The predicted molar refractivity (Wildman–Crippen MR) is 89.0 cm³/mol. The van der Waals surface area contributed by atoms with Gasteiger partial charge >= 0.3 is 0 Å². The molecule has 5 heteroatoms. The molecule has 1 atom stereocenters. The van der Waals surface area contributed by atoms with Gasteiger partial charge in [-0.3, -0.25) is 0 Å². The van der Waals surface area contributed by atoms with E-state index in [9.17, 15) is 0 Å². The monoisotopic (exact) mass is 369 g/mol. The molecule has 2 aromatic rings. The van der Waals surface area contributed by atoms with Gasteiger partial charge in [0.25, 0.3) is 0 Å². The zero-order valence-corrected chi connectivity index (χ0v) is 14.0. The number of hydrogen-bond acceptors (Lipinski definition) is 3. The largest absolute Gasteiger partial charge is 0.490 e. The molecular formula is C16H17BrClNO2. The van der Waals surface area contributed by atoms with Crippen molar-refractivity contribution >= 4 is 27.5 Å². The van der Waals surface area contributed by atoms with Crippen LogP contribution in [0.2, 0.25) is 5.02 Å². The molecule has 0 aliphatic carbocycles. The fourth-order valence-corrected chi connectivity index (χ4v) is 2.66. The molecule has 0 saturated carbocycles. The first kappa shape index (κ1) is 16.3. The number of halogens is 2. The second-order valence-electron chi connectivity index (χ2n) is 4.56. The van der Waals surface area contributed by atoms with Gasteiger partial charge in [-0.2, -0.15) is 0 Å². The molecule has 2 rings (SSSR count). The summed E-state index contributed by atoms with van der Waals surface area (Å²) in [6, 6.07) is 13.2. The number of methoxy groups -OCH3 is 1. The fourth-order valence-electron chi connectivity index (χ4n) is 1.96. The number of nitrogens with two attached hydrogens (primary N) is 1. The van der Waals surface area contributed by atoms with Crippen LogP contribution in [0.3, 0.4) is 0 Å². The second kappa shape index (κ2) is 7.80. The summed E-state index contributed by atoms with van der Waals surface area (Å²) in [6.07, 6.45) is 0. The lowest BCUT2D eigenvalue weighted by Gasteiger charge is -2.15. The van der Waals surface area contributed by atoms with E-state index in [1.165, 1.54) is 0 Å². The van der Waals surface area contributed by atoms with Crippen molar-refractivity contribution in [2.45, 2.75) is 6.04 Å². The third-order valence-corrected chi connectivity index (χ3v) is 3.92. The van der Waals surface area contributed by atoms with Crippen LogP contribution in [0.15, 0.2) is 46.9 Å². The van der Waals surface area contributed by atoms with Gasteiger partial charge < -0.3 is 15.2 Å². The highest BCUT2D eigenvalue weighted by molar-refractivity contribution is 9.10. The van der Waals surface area contributed by atoms with Crippen LogP contribution in [-0.2, 0) is 4.74 Å². The van der Waals surface area contributed by atoms with Crippen LogP contribution in [0.1, 0.15) is 17.2 Å². The van der Waals surface area contributed by atoms with E-state index in [1.54, 1.807) is 7.11 Å². The van der Waals surface area contributed by atoms with Gasteiger partial charge in [0.1, 0.15) is 12.4 Å². The maximum Gasteiger partial charge on any atom is 0.133 e. The summed E-state index contributed by atoms with van der Waals surface area (Å²) < 4.78 is 11.4. The summed E-state index contributed by atoms with van der Waals surface area (Å²) in [4.78, 5) is 0. The van der Waals surface area contributed by atoms with E-state index < -0.39 is 0 Å². The highest BCUT2D eigenvalue weighted by Crippen LogP contribution is 2.30. The summed E-state index contributed by atoms with van der Waals surface area (Å²) in [5.74, 6) is 0.772. The molecule has 0 saturated heterocycles. The molecule has 2 aromatic carbocycles. The topological polar surface area (TPSA) is 44.5 Å². The van der Waals surface area contributed by atoms with E-state index in [2.05, 4.69) is 15.9 Å². The van der Waals surface area contributed by atoms with E-state index in [0.29, 0.717) is 18.2 Å². The molecular weight excluding hydrogens is 354 g/mol. The molecule has 0 spiro atoms. The van der Waals surface area contributed by atoms with Gasteiger partial charge in [-0.25, -0.2) is 0 Å².